The van der Waals surface area contributed by atoms with Crippen LogP contribution in [0.1, 0.15) is 16.1 Å². The fourth-order valence-electron chi connectivity index (χ4n) is 3.49. The third-order valence-corrected chi connectivity index (χ3v) is 5.34. The fraction of sp³-hybridized carbons (Fsp3) is 0.0455. The fourth-order valence-corrected chi connectivity index (χ4v) is 3.68. The molecule has 12 heteroatoms. The molecule has 0 atom stereocenters. The van der Waals surface area contributed by atoms with Gasteiger partial charge in [0.15, 0.2) is 11.5 Å². The van der Waals surface area contributed by atoms with Crippen LogP contribution < -0.4 is 5.32 Å². The van der Waals surface area contributed by atoms with Crippen molar-refractivity contribution in [1.82, 2.24) is 29.5 Å². The van der Waals surface area contributed by atoms with Crippen molar-refractivity contribution >= 4 is 40.0 Å². The lowest BCUT2D eigenvalue weighted by Gasteiger charge is -2.09. The Morgan fingerprint density at radius 3 is 2.65 bits per heavy atom. The highest BCUT2D eigenvalue weighted by molar-refractivity contribution is 6.32. The van der Waals surface area contributed by atoms with Crippen molar-refractivity contribution in [3.05, 3.63) is 93.5 Å². The first-order chi connectivity index (χ1) is 16.4. The number of carbonyl (C=O) groups excluding carboxylic acids is 1. The van der Waals surface area contributed by atoms with Gasteiger partial charge in [0.25, 0.3) is 11.6 Å². The minimum absolute atomic E-state index is 0.0544. The van der Waals surface area contributed by atoms with Crippen LogP contribution in [0.15, 0.2) is 67.1 Å². The summed E-state index contributed by atoms with van der Waals surface area (Å²) >= 11 is 5.86. The van der Waals surface area contributed by atoms with Crippen LogP contribution in [-0.2, 0) is 0 Å². The van der Waals surface area contributed by atoms with E-state index in [-0.39, 0.29) is 16.3 Å². The highest BCUT2D eigenvalue weighted by atomic mass is 35.5. The number of para-hydroxylation sites is 1. The van der Waals surface area contributed by atoms with Gasteiger partial charge in [-0.1, -0.05) is 29.8 Å². The zero-order valence-corrected chi connectivity index (χ0v) is 18.3. The van der Waals surface area contributed by atoms with Gasteiger partial charge in [0.2, 0.25) is 0 Å². The lowest BCUT2D eigenvalue weighted by molar-refractivity contribution is -0.384. The summed E-state index contributed by atoms with van der Waals surface area (Å²) in [6, 6.07) is 15.0. The second kappa shape index (κ2) is 8.37. The molecule has 0 radical (unpaired) electrons. The Bertz CT molecular complexity index is 1560. The molecule has 0 spiro atoms. The van der Waals surface area contributed by atoms with Crippen molar-refractivity contribution in [3.8, 4) is 11.5 Å². The molecule has 0 saturated carbocycles. The summed E-state index contributed by atoms with van der Waals surface area (Å²) in [5.74, 6) is 0.177. The van der Waals surface area contributed by atoms with E-state index in [1.807, 2.05) is 30.3 Å². The van der Waals surface area contributed by atoms with Gasteiger partial charge in [0, 0.05) is 17.7 Å². The molecule has 0 aliphatic rings. The summed E-state index contributed by atoms with van der Waals surface area (Å²) in [6.07, 6.45) is 3.02. The summed E-state index contributed by atoms with van der Waals surface area (Å²) in [5.41, 5.74) is 1.74. The van der Waals surface area contributed by atoms with E-state index in [0.29, 0.717) is 28.4 Å². The molecule has 0 saturated heterocycles. The number of hydrogen-bond acceptors (Lipinski definition) is 7. The van der Waals surface area contributed by atoms with Crippen LogP contribution in [0, 0.1) is 17.0 Å². The lowest BCUT2D eigenvalue weighted by atomic mass is 10.2. The van der Waals surface area contributed by atoms with Gasteiger partial charge in [-0.25, -0.2) is 14.6 Å². The maximum atomic E-state index is 12.9. The Balaban J connectivity index is 1.54. The number of nitro benzene ring substituents is 1. The Labute approximate surface area is 196 Å². The van der Waals surface area contributed by atoms with E-state index in [1.165, 1.54) is 23.1 Å². The van der Waals surface area contributed by atoms with Gasteiger partial charge < -0.3 is 5.32 Å². The molecule has 2 aromatic carbocycles. The quantitative estimate of drug-likeness (QED) is 0.299. The molecule has 0 bridgehead atoms. The van der Waals surface area contributed by atoms with Crippen molar-refractivity contribution in [3.63, 3.8) is 0 Å². The molecule has 0 fully saturated rings. The highest BCUT2D eigenvalue weighted by Gasteiger charge is 2.20. The summed E-state index contributed by atoms with van der Waals surface area (Å²) in [5, 5.41) is 23.4. The Hall–Kier alpha value is -4.64. The molecule has 1 N–H and O–H groups in total. The average molecular weight is 475 g/mol. The zero-order valence-electron chi connectivity index (χ0n) is 17.6. The van der Waals surface area contributed by atoms with Gasteiger partial charge >= 0.3 is 0 Å². The van der Waals surface area contributed by atoms with Crippen LogP contribution in [0.3, 0.4) is 0 Å². The predicted molar refractivity (Wildman–Crippen MR) is 125 cm³/mol. The zero-order chi connectivity index (χ0) is 23.8. The van der Waals surface area contributed by atoms with E-state index in [1.54, 1.807) is 23.9 Å². The van der Waals surface area contributed by atoms with Crippen molar-refractivity contribution in [2.45, 2.75) is 6.92 Å². The number of anilines is 1. The van der Waals surface area contributed by atoms with Gasteiger partial charge in [0.1, 0.15) is 17.2 Å². The molecule has 3 heterocycles. The van der Waals surface area contributed by atoms with Gasteiger partial charge in [-0.05, 0) is 31.2 Å². The van der Waals surface area contributed by atoms with Gasteiger partial charge in [-0.2, -0.15) is 14.9 Å². The molecule has 1 amide bonds. The molecule has 0 aliphatic carbocycles. The number of nitrogens with zero attached hydrogens (tertiary/aromatic N) is 7. The van der Waals surface area contributed by atoms with Crippen molar-refractivity contribution in [2.24, 2.45) is 0 Å². The molecule has 34 heavy (non-hydrogen) atoms. The van der Waals surface area contributed by atoms with Gasteiger partial charge in [-0.15, -0.1) is 0 Å². The minimum Gasteiger partial charge on any atom is -0.306 e. The van der Waals surface area contributed by atoms with E-state index >= 15 is 0 Å². The van der Waals surface area contributed by atoms with Crippen LogP contribution in [0.5, 0.6) is 0 Å². The number of nitrogens with one attached hydrogen (secondary N) is 1. The number of hydrogen-bond donors (Lipinski definition) is 1. The van der Waals surface area contributed by atoms with Crippen molar-refractivity contribution < 1.29 is 9.72 Å². The Morgan fingerprint density at radius 2 is 1.88 bits per heavy atom. The maximum absolute atomic E-state index is 12.9. The van der Waals surface area contributed by atoms with Crippen LogP contribution >= 0.6 is 11.6 Å². The van der Waals surface area contributed by atoms with Crippen LogP contribution in [0.4, 0.5) is 11.5 Å². The Kier molecular flexibility index (Phi) is 5.22. The molecule has 3 aromatic heterocycles. The molecule has 5 aromatic rings. The van der Waals surface area contributed by atoms with Crippen LogP contribution in [0.25, 0.3) is 22.5 Å². The summed E-state index contributed by atoms with van der Waals surface area (Å²) < 4.78 is 3.15. The summed E-state index contributed by atoms with van der Waals surface area (Å²) in [7, 11) is 0. The molecule has 5 rings (SSSR count). The number of carbonyl (C=O) groups is 1. The third-order valence-electron chi connectivity index (χ3n) is 5.02. The largest absolute Gasteiger partial charge is 0.306 e. The van der Waals surface area contributed by atoms with Crippen molar-refractivity contribution in [2.75, 3.05) is 5.32 Å². The molecule has 0 aliphatic heterocycles. The molecular formula is C22H15ClN8O3. The van der Waals surface area contributed by atoms with E-state index in [9.17, 15) is 14.9 Å². The number of rotatable bonds is 5. The number of aromatic nitrogens is 6. The third kappa shape index (κ3) is 3.73. The number of aryl methyl sites for hydroxylation is 1. The molecule has 0 unspecified atom stereocenters. The predicted octanol–water partition coefficient (Wildman–Crippen LogP) is 4.12. The number of nitro groups is 1. The van der Waals surface area contributed by atoms with Gasteiger partial charge in [-0.3, -0.25) is 14.9 Å². The highest BCUT2D eigenvalue weighted by Crippen LogP contribution is 2.27. The number of fused-ring (bicyclic) bond motifs is 1. The van der Waals surface area contributed by atoms with E-state index < -0.39 is 10.8 Å². The van der Waals surface area contributed by atoms with Crippen LogP contribution in [0.2, 0.25) is 5.02 Å². The standard InChI is InChI=1S/C22H15ClN8O3/c1-13-9-19(27-22(32)14-7-8-17(23)18(10-14)31(33)34)30(28-13)21-16-11-26-29(20(16)24-12-25-21)15-5-3-2-4-6-15/h2-12H,1H3,(H,27,32). The number of benzene rings is 2. The molecule has 168 valence electrons. The number of amides is 1. The van der Waals surface area contributed by atoms with E-state index in [0.717, 1.165) is 11.8 Å². The summed E-state index contributed by atoms with van der Waals surface area (Å²) in [4.78, 5) is 32.1. The monoisotopic (exact) mass is 474 g/mol. The first kappa shape index (κ1) is 21.2. The second-order valence-corrected chi connectivity index (χ2v) is 7.69. The van der Waals surface area contributed by atoms with Crippen LogP contribution in [-0.4, -0.2) is 40.4 Å². The minimum atomic E-state index is -0.643. The molecule has 11 nitrogen and oxygen atoms in total. The first-order valence-corrected chi connectivity index (χ1v) is 10.4. The average Bonchev–Trinajstić information content (AvgIpc) is 3.43. The smallest absolute Gasteiger partial charge is 0.288 e. The SMILES string of the molecule is Cc1cc(NC(=O)c2ccc(Cl)c([N+](=O)[O-])c2)n(-c2ncnc3c2cnn3-c2ccccc2)n1. The maximum Gasteiger partial charge on any atom is 0.288 e. The number of halogens is 1. The molecular weight excluding hydrogens is 460 g/mol. The normalized spacial score (nSPS) is 11.0. The first-order valence-electron chi connectivity index (χ1n) is 9.99. The Morgan fingerprint density at radius 1 is 1.09 bits per heavy atom. The second-order valence-electron chi connectivity index (χ2n) is 7.29. The topological polar surface area (TPSA) is 134 Å². The van der Waals surface area contributed by atoms with E-state index in [2.05, 4.69) is 25.5 Å². The van der Waals surface area contributed by atoms with Crippen molar-refractivity contribution in [1.29, 1.82) is 0 Å². The van der Waals surface area contributed by atoms with Gasteiger partial charge in [0.05, 0.1) is 27.9 Å². The lowest BCUT2D eigenvalue weighted by Crippen LogP contribution is -2.16. The van der Waals surface area contributed by atoms with E-state index in [4.69, 9.17) is 11.6 Å². The summed E-state index contributed by atoms with van der Waals surface area (Å²) in [6.45, 7) is 1.77.